The lowest BCUT2D eigenvalue weighted by Gasteiger charge is -2.09. The Hall–Kier alpha value is -3.46. The number of nitrogens with zero attached hydrogens (tertiary/aromatic N) is 2. The van der Waals surface area contributed by atoms with E-state index in [1.165, 1.54) is 6.20 Å². The Bertz CT molecular complexity index is 957. The van der Waals surface area contributed by atoms with Crippen LogP contribution in [0.4, 0.5) is 5.82 Å². The normalized spacial score (nSPS) is 11.7. The number of aromatic nitrogens is 2. The van der Waals surface area contributed by atoms with Crippen molar-refractivity contribution in [2.24, 2.45) is 5.92 Å². The fraction of sp³-hybridized carbons (Fsp3) is 0.200. The molecule has 2 aromatic heterocycles. The van der Waals surface area contributed by atoms with Crippen molar-refractivity contribution in [1.29, 1.82) is 5.26 Å². The molecule has 0 aliphatic carbocycles. The highest BCUT2D eigenvalue weighted by Gasteiger charge is 2.26. The van der Waals surface area contributed by atoms with Crippen molar-refractivity contribution in [3.05, 3.63) is 60.4 Å². The number of nitrogens with one attached hydrogen (secondary N) is 2. The highest BCUT2D eigenvalue weighted by molar-refractivity contribution is 6.09. The zero-order chi connectivity index (χ0) is 18.4. The number of aromatic amines is 1. The molecule has 1 atom stereocenters. The molecule has 6 heteroatoms. The van der Waals surface area contributed by atoms with Crippen LogP contribution in [0.15, 0.2) is 54.9 Å². The fourth-order valence-electron chi connectivity index (χ4n) is 2.85. The minimum atomic E-state index is -1.32. The van der Waals surface area contributed by atoms with E-state index in [0.717, 1.165) is 16.5 Å². The molecule has 0 spiro atoms. The number of benzene rings is 1. The van der Waals surface area contributed by atoms with Crippen LogP contribution in [0.2, 0.25) is 0 Å². The smallest absolute Gasteiger partial charge is 0.250 e. The van der Waals surface area contributed by atoms with Gasteiger partial charge in [-0.2, -0.15) is 5.26 Å². The number of anilines is 1. The van der Waals surface area contributed by atoms with Gasteiger partial charge < -0.3 is 10.3 Å². The number of fused-ring (bicyclic) bond motifs is 1. The Balaban J connectivity index is 1.56. The van der Waals surface area contributed by atoms with Crippen molar-refractivity contribution in [2.45, 2.75) is 19.3 Å². The maximum absolute atomic E-state index is 12.3. The lowest BCUT2D eigenvalue weighted by atomic mass is 9.98. The van der Waals surface area contributed by atoms with Gasteiger partial charge in [-0.05, 0) is 36.6 Å². The van der Waals surface area contributed by atoms with E-state index in [9.17, 15) is 14.9 Å². The molecule has 26 heavy (non-hydrogen) atoms. The molecule has 3 aromatic rings. The van der Waals surface area contributed by atoms with E-state index < -0.39 is 11.8 Å². The lowest BCUT2D eigenvalue weighted by Crippen LogP contribution is -2.28. The average molecular weight is 346 g/mol. The summed E-state index contributed by atoms with van der Waals surface area (Å²) in [7, 11) is 0. The van der Waals surface area contributed by atoms with Gasteiger partial charge in [0.25, 0.3) is 5.91 Å². The number of hydrogen-bond donors (Lipinski definition) is 2. The van der Waals surface area contributed by atoms with Crippen molar-refractivity contribution in [3.63, 3.8) is 0 Å². The number of Topliss-reactive ketones (excluding diaryl/α,β-unsaturated/α-hetero) is 1. The summed E-state index contributed by atoms with van der Waals surface area (Å²) in [4.78, 5) is 31.6. The summed E-state index contributed by atoms with van der Waals surface area (Å²) in [5.41, 5.74) is 2.18. The molecule has 2 N–H and O–H groups in total. The maximum atomic E-state index is 12.3. The SMILES string of the molecule is N#C[C@H](C(=O)CCCc1c[nH]c2ccccc12)C(=O)Nc1ccccn1. The van der Waals surface area contributed by atoms with E-state index in [1.54, 1.807) is 24.3 Å². The number of carbonyl (C=O) groups is 2. The van der Waals surface area contributed by atoms with Crippen LogP contribution in [-0.4, -0.2) is 21.7 Å². The Morgan fingerprint density at radius 1 is 1.19 bits per heavy atom. The van der Waals surface area contributed by atoms with Crippen molar-refractivity contribution in [1.82, 2.24) is 9.97 Å². The highest BCUT2D eigenvalue weighted by Crippen LogP contribution is 2.20. The minimum Gasteiger partial charge on any atom is -0.361 e. The first-order valence-electron chi connectivity index (χ1n) is 8.38. The number of amides is 1. The fourth-order valence-corrected chi connectivity index (χ4v) is 2.85. The molecule has 2 heterocycles. The first kappa shape index (κ1) is 17.4. The van der Waals surface area contributed by atoms with Gasteiger partial charge in [0.15, 0.2) is 11.7 Å². The molecule has 0 saturated heterocycles. The van der Waals surface area contributed by atoms with Gasteiger partial charge in [0.1, 0.15) is 5.82 Å². The van der Waals surface area contributed by atoms with Crippen molar-refractivity contribution in [3.8, 4) is 6.07 Å². The Kier molecular flexibility index (Phi) is 5.40. The van der Waals surface area contributed by atoms with Gasteiger partial charge in [-0.15, -0.1) is 0 Å². The van der Waals surface area contributed by atoms with Crippen LogP contribution in [0.1, 0.15) is 18.4 Å². The number of ketones is 1. The molecule has 1 amide bonds. The number of aryl methyl sites for hydroxylation is 1. The first-order chi connectivity index (χ1) is 12.7. The summed E-state index contributed by atoms with van der Waals surface area (Å²) in [6.07, 6.45) is 4.92. The van der Waals surface area contributed by atoms with Crippen LogP contribution in [0.25, 0.3) is 10.9 Å². The van der Waals surface area contributed by atoms with E-state index in [0.29, 0.717) is 18.7 Å². The second-order valence-corrected chi connectivity index (χ2v) is 5.95. The van der Waals surface area contributed by atoms with Crippen molar-refractivity contribution in [2.75, 3.05) is 5.32 Å². The lowest BCUT2D eigenvalue weighted by molar-refractivity contribution is -0.128. The van der Waals surface area contributed by atoms with Gasteiger partial charge in [0, 0.05) is 29.7 Å². The first-order valence-corrected chi connectivity index (χ1v) is 8.38. The number of H-pyrrole nitrogens is 1. The second kappa shape index (κ2) is 8.08. The third-order valence-electron chi connectivity index (χ3n) is 4.17. The molecule has 0 aliphatic heterocycles. The summed E-state index contributed by atoms with van der Waals surface area (Å²) in [5.74, 6) is -2.01. The van der Waals surface area contributed by atoms with E-state index in [1.807, 2.05) is 30.5 Å². The summed E-state index contributed by atoms with van der Waals surface area (Å²) < 4.78 is 0. The van der Waals surface area contributed by atoms with Gasteiger partial charge in [0.05, 0.1) is 6.07 Å². The summed E-state index contributed by atoms with van der Waals surface area (Å²) in [6, 6.07) is 14.8. The Morgan fingerprint density at radius 3 is 2.77 bits per heavy atom. The van der Waals surface area contributed by atoms with Crippen LogP contribution < -0.4 is 5.32 Å². The van der Waals surface area contributed by atoms with Crippen molar-refractivity contribution >= 4 is 28.4 Å². The monoisotopic (exact) mass is 346 g/mol. The standard InChI is InChI=1S/C20H18N4O2/c21-12-16(20(26)24-19-10-3-4-11-22-19)18(25)9-5-6-14-13-23-17-8-2-1-7-15(14)17/h1-4,7-8,10-11,13,16,23H,5-6,9H2,(H,22,24,26)/t16-/m1/s1. The zero-order valence-electron chi connectivity index (χ0n) is 14.1. The number of hydrogen-bond acceptors (Lipinski definition) is 4. The average Bonchev–Trinajstić information content (AvgIpc) is 3.06. The topological polar surface area (TPSA) is 98.6 Å². The molecular formula is C20H18N4O2. The zero-order valence-corrected chi connectivity index (χ0v) is 14.1. The predicted octanol–water partition coefficient (Wildman–Crippen LogP) is 3.23. The van der Waals surface area contributed by atoms with E-state index in [-0.39, 0.29) is 12.2 Å². The quantitative estimate of drug-likeness (QED) is 0.642. The molecule has 0 bridgehead atoms. The van der Waals surface area contributed by atoms with Crippen LogP contribution in [0.5, 0.6) is 0 Å². The van der Waals surface area contributed by atoms with E-state index >= 15 is 0 Å². The third kappa shape index (κ3) is 3.95. The molecule has 0 fully saturated rings. The summed E-state index contributed by atoms with van der Waals surface area (Å²) in [6.45, 7) is 0. The van der Waals surface area contributed by atoms with E-state index in [2.05, 4.69) is 15.3 Å². The van der Waals surface area contributed by atoms with Gasteiger partial charge in [-0.3, -0.25) is 9.59 Å². The minimum absolute atomic E-state index is 0.174. The van der Waals surface area contributed by atoms with Gasteiger partial charge >= 0.3 is 0 Å². The van der Waals surface area contributed by atoms with Crippen molar-refractivity contribution < 1.29 is 9.59 Å². The molecule has 0 unspecified atom stereocenters. The molecule has 3 rings (SSSR count). The predicted molar refractivity (Wildman–Crippen MR) is 98.2 cm³/mol. The van der Waals surface area contributed by atoms with Gasteiger partial charge in [-0.1, -0.05) is 24.3 Å². The number of rotatable bonds is 7. The molecular weight excluding hydrogens is 328 g/mol. The number of nitriles is 1. The Labute approximate surface area is 150 Å². The van der Waals surface area contributed by atoms with Crippen LogP contribution in [-0.2, 0) is 16.0 Å². The summed E-state index contributed by atoms with van der Waals surface area (Å²) in [5, 5.41) is 12.8. The number of carbonyl (C=O) groups excluding carboxylic acids is 2. The van der Waals surface area contributed by atoms with E-state index in [4.69, 9.17) is 0 Å². The highest BCUT2D eigenvalue weighted by atomic mass is 16.2. The van der Waals surface area contributed by atoms with Crippen LogP contribution in [0, 0.1) is 17.2 Å². The molecule has 130 valence electrons. The van der Waals surface area contributed by atoms with Gasteiger partial charge in [0.2, 0.25) is 0 Å². The van der Waals surface area contributed by atoms with Crippen LogP contribution in [0.3, 0.4) is 0 Å². The largest absolute Gasteiger partial charge is 0.361 e. The molecule has 1 aromatic carbocycles. The van der Waals surface area contributed by atoms with Crippen LogP contribution >= 0.6 is 0 Å². The Morgan fingerprint density at radius 2 is 2.00 bits per heavy atom. The summed E-state index contributed by atoms with van der Waals surface area (Å²) >= 11 is 0. The molecule has 0 radical (unpaired) electrons. The number of para-hydroxylation sites is 1. The molecule has 0 aliphatic rings. The number of pyridine rings is 1. The second-order valence-electron chi connectivity index (χ2n) is 5.95. The third-order valence-corrected chi connectivity index (χ3v) is 4.17. The molecule has 0 saturated carbocycles. The van der Waals surface area contributed by atoms with Gasteiger partial charge in [-0.25, -0.2) is 4.98 Å². The molecule has 6 nitrogen and oxygen atoms in total. The maximum Gasteiger partial charge on any atom is 0.250 e.